The molecule has 386 valence electrons. The third kappa shape index (κ3) is 8.36. The van der Waals surface area contributed by atoms with Gasteiger partial charge in [0, 0.05) is 50.4 Å². The Balaban J connectivity index is 0.733. The molecule has 0 radical (unpaired) electrons. The van der Waals surface area contributed by atoms with Gasteiger partial charge in [-0.2, -0.15) is 0 Å². The SMILES string of the molecule is Cc1ccccc1N(c1ccc(F)cc1)c1ccc2c(c1)C(C)(C)c1cc(/C=C/c3ccc4c(c3)C(C)(C)c3cc(/C=C/c5ccc6c(c5)C(C)(C)c5cc(N(c7ccc(F)cc7)c7ccccc7C)ccc5-6)ccc3-4)ccc1-2. The van der Waals surface area contributed by atoms with Gasteiger partial charge >= 0.3 is 0 Å². The first-order chi connectivity index (χ1) is 38.0. The summed E-state index contributed by atoms with van der Waals surface area (Å²) in [6.45, 7) is 18.3. The lowest BCUT2D eigenvalue weighted by molar-refractivity contribution is 0.627. The molecule has 0 bridgehead atoms. The molecule has 0 saturated carbocycles. The molecule has 0 atom stereocenters. The van der Waals surface area contributed by atoms with Crippen LogP contribution in [0.3, 0.4) is 0 Å². The molecule has 2 nitrogen and oxygen atoms in total. The lowest BCUT2D eigenvalue weighted by Gasteiger charge is -2.29. The predicted octanol–water partition coefficient (Wildman–Crippen LogP) is 20.8. The van der Waals surface area contributed by atoms with Gasteiger partial charge in [-0.1, -0.05) is 187 Å². The Morgan fingerprint density at radius 2 is 0.544 bits per heavy atom. The molecule has 0 aromatic heterocycles. The van der Waals surface area contributed by atoms with Crippen molar-refractivity contribution in [3.8, 4) is 33.4 Å². The Kier molecular flexibility index (Phi) is 11.7. The standard InChI is InChI=1S/C75H62F2N2/c1-47-13-9-11-15-71(47)78(55-29-25-53(76)26-30-55)57-33-39-63-61-37-23-51(43-67(61)74(5,6)69(63)45-57)19-17-49-21-35-59-60-36-22-50(42-66(60)73(3,4)65(59)41-49)18-20-52-24-38-62-64-40-34-58(46-70(64)75(7,8)68(62)44-52)79(56-31-27-54(77)28-32-56)72-16-12-10-14-48(72)2/h9-46H,1-8H3/b19-17+,20-18+. The fraction of sp³-hybridized carbons (Fsp3) is 0.147. The largest absolute Gasteiger partial charge is 0.310 e. The first kappa shape index (κ1) is 49.7. The number of fused-ring (bicyclic) bond motifs is 9. The second kappa shape index (κ2) is 18.7. The highest BCUT2D eigenvalue weighted by atomic mass is 19.1. The summed E-state index contributed by atoms with van der Waals surface area (Å²) in [5, 5.41) is 0. The van der Waals surface area contributed by atoms with Gasteiger partial charge in [0.1, 0.15) is 11.6 Å². The molecular formula is C75H62F2N2. The molecule has 0 amide bonds. The van der Waals surface area contributed by atoms with Gasteiger partial charge in [-0.3, -0.25) is 0 Å². The van der Waals surface area contributed by atoms with Gasteiger partial charge < -0.3 is 9.80 Å². The van der Waals surface area contributed by atoms with Gasteiger partial charge in [-0.15, -0.1) is 0 Å². The van der Waals surface area contributed by atoms with Crippen LogP contribution in [0.25, 0.3) is 57.7 Å². The zero-order chi connectivity index (χ0) is 54.5. The molecule has 79 heavy (non-hydrogen) atoms. The highest BCUT2D eigenvalue weighted by Gasteiger charge is 2.39. The van der Waals surface area contributed by atoms with Gasteiger partial charge in [-0.25, -0.2) is 8.78 Å². The number of nitrogens with zero attached hydrogens (tertiary/aromatic N) is 2. The highest BCUT2D eigenvalue weighted by molar-refractivity contribution is 5.90. The predicted molar refractivity (Wildman–Crippen MR) is 329 cm³/mol. The van der Waals surface area contributed by atoms with E-state index in [1.807, 2.05) is 24.3 Å². The molecule has 13 rings (SSSR count). The summed E-state index contributed by atoms with van der Waals surface area (Å²) in [6.07, 6.45) is 9.03. The molecule has 0 unspecified atom stereocenters. The Bertz CT molecular complexity index is 3890. The second-order valence-electron chi connectivity index (χ2n) is 23.4. The topological polar surface area (TPSA) is 6.48 Å². The van der Waals surface area contributed by atoms with E-state index in [-0.39, 0.29) is 27.9 Å². The van der Waals surface area contributed by atoms with Crippen LogP contribution in [-0.4, -0.2) is 0 Å². The lowest BCUT2D eigenvalue weighted by atomic mass is 9.81. The monoisotopic (exact) mass is 1030 g/mol. The third-order valence-electron chi connectivity index (χ3n) is 17.4. The van der Waals surface area contributed by atoms with Gasteiger partial charge in [0.05, 0.1) is 0 Å². The van der Waals surface area contributed by atoms with Crippen LogP contribution < -0.4 is 9.80 Å². The number of hydrogen-bond acceptors (Lipinski definition) is 2. The molecular weight excluding hydrogens is 967 g/mol. The minimum absolute atomic E-state index is 0.181. The van der Waals surface area contributed by atoms with E-state index in [0.29, 0.717) is 0 Å². The smallest absolute Gasteiger partial charge is 0.123 e. The summed E-state index contributed by atoms with van der Waals surface area (Å²) in [5.74, 6) is -0.496. The van der Waals surface area contributed by atoms with Crippen molar-refractivity contribution in [2.24, 2.45) is 0 Å². The molecule has 10 aromatic rings. The fourth-order valence-corrected chi connectivity index (χ4v) is 13.0. The van der Waals surface area contributed by atoms with Gasteiger partial charge in [-0.05, 0) is 199 Å². The number of aryl methyl sites for hydroxylation is 2. The molecule has 0 spiro atoms. The van der Waals surface area contributed by atoms with E-state index in [2.05, 4.69) is 247 Å². The van der Waals surface area contributed by atoms with Crippen molar-refractivity contribution in [2.75, 3.05) is 9.80 Å². The van der Waals surface area contributed by atoms with Crippen molar-refractivity contribution < 1.29 is 8.78 Å². The minimum Gasteiger partial charge on any atom is -0.310 e. The summed E-state index contributed by atoms with van der Waals surface area (Å²) in [5.41, 5.74) is 27.9. The normalized spacial score (nSPS) is 14.7. The minimum atomic E-state index is -0.248. The number of para-hydroxylation sites is 2. The lowest BCUT2D eigenvalue weighted by Crippen LogP contribution is -2.17. The second-order valence-corrected chi connectivity index (χ2v) is 23.4. The Morgan fingerprint density at radius 1 is 0.291 bits per heavy atom. The zero-order valence-electron chi connectivity index (χ0n) is 46.1. The first-order valence-corrected chi connectivity index (χ1v) is 27.5. The van der Waals surface area contributed by atoms with Crippen molar-refractivity contribution in [3.63, 3.8) is 0 Å². The van der Waals surface area contributed by atoms with Crippen LogP contribution in [0.1, 0.15) is 108 Å². The molecule has 0 fully saturated rings. The molecule has 0 N–H and O–H groups in total. The maximum absolute atomic E-state index is 14.2. The van der Waals surface area contributed by atoms with E-state index in [9.17, 15) is 8.78 Å². The summed E-state index contributed by atoms with van der Waals surface area (Å²) in [4.78, 5) is 4.47. The van der Waals surface area contributed by atoms with E-state index in [1.165, 1.54) is 113 Å². The Morgan fingerprint density at radius 3 is 0.835 bits per heavy atom. The van der Waals surface area contributed by atoms with Crippen molar-refractivity contribution >= 4 is 58.4 Å². The number of benzene rings is 10. The average Bonchev–Trinajstić information content (AvgIpc) is 4.14. The van der Waals surface area contributed by atoms with E-state index in [4.69, 9.17) is 0 Å². The van der Waals surface area contributed by atoms with Crippen molar-refractivity contribution in [2.45, 2.75) is 71.6 Å². The van der Waals surface area contributed by atoms with E-state index in [0.717, 1.165) is 45.3 Å². The molecule has 3 aliphatic carbocycles. The summed E-state index contributed by atoms with van der Waals surface area (Å²) in [7, 11) is 0. The van der Waals surface area contributed by atoms with Gasteiger partial charge in [0.25, 0.3) is 0 Å². The van der Waals surface area contributed by atoms with Crippen LogP contribution >= 0.6 is 0 Å². The van der Waals surface area contributed by atoms with E-state index < -0.39 is 0 Å². The average molecular weight is 1030 g/mol. The fourth-order valence-electron chi connectivity index (χ4n) is 13.0. The van der Waals surface area contributed by atoms with Crippen LogP contribution in [-0.2, 0) is 16.2 Å². The summed E-state index contributed by atoms with van der Waals surface area (Å²) < 4.78 is 28.3. The molecule has 0 heterocycles. The maximum atomic E-state index is 14.2. The number of rotatable bonds is 10. The Hall–Kier alpha value is -8.86. The van der Waals surface area contributed by atoms with Crippen molar-refractivity contribution in [1.82, 2.24) is 0 Å². The highest BCUT2D eigenvalue weighted by Crippen LogP contribution is 2.54. The number of anilines is 6. The van der Waals surface area contributed by atoms with Crippen LogP contribution in [0.5, 0.6) is 0 Å². The maximum Gasteiger partial charge on any atom is 0.123 e. The number of hydrogen-bond donors (Lipinski definition) is 0. The van der Waals surface area contributed by atoms with E-state index in [1.54, 1.807) is 0 Å². The molecule has 3 aliphatic rings. The first-order valence-electron chi connectivity index (χ1n) is 27.5. The molecule has 0 saturated heterocycles. The quantitative estimate of drug-likeness (QED) is 0.126. The Labute approximate surface area is 464 Å². The number of halogens is 2. The molecule has 4 heteroatoms. The molecule has 10 aromatic carbocycles. The van der Waals surface area contributed by atoms with Crippen molar-refractivity contribution in [3.05, 3.63) is 285 Å². The van der Waals surface area contributed by atoms with E-state index >= 15 is 0 Å². The zero-order valence-corrected chi connectivity index (χ0v) is 46.1. The van der Waals surface area contributed by atoms with Crippen LogP contribution in [0.15, 0.2) is 206 Å². The van der Waals surface area contributed by atoms with Crippen LogP contribution in [0.2, 0.25) is 0 Å². The molecule has 0 aliphatic heterocycles. The summed E-state index contributed by atoms with van der Waals surface area (Å²) >= 11 is 0. The van der Waals surface area contributed by atoms with Gasteiger partial charge in [0.15, 0.2) is 0 Å². The van der Waals surface area contributed by atoms with Crippen molar-refractivity contribution in [1.29, 1.82) is 0 Å². The van der Waals surface area contributed by atoms with Gasteiger partial charge in [0.2, 0.25) is 0 Å². The van der Waals surface area contributed by atoms with Crippen LogP contribution in [0, 0.1) is 25.5 Å². The third-order valence-corrected chi connectivity index (χ3v) is 17.4. The van der Waals surface area contributed by atoms with Crippen LogP contribution in [0.4, 0.5) is 42.9 Å². The summed E-state index contributed by atoms with van der Waals surface area (Å²) in [6, 6.07) is 71.6.